The maximum absolute atomic E-state index is 13.0. The lowest BCUT2D eigenvalue weighted by Crippen LogP contribution is -2.51. The van der Waals surface area contributed by atoms with E-state index < -0.39 is 0 Å². The molecule has 0 bridgehead atoms. The molecule has 1 saturated heterocycles. The summed E-state index contributed by atoms with van der Waals surface area (Å²) in [6.07, 6.45) is 0. The minimum Gasteiger partial charge on any atom is -0.483 e. The predicted molar refractivity (Wildman–Crippen MR) is 148 cm³/mol. The Morgan fingerprint density at radius 1 is 0.722 bits per heavy atom. The average Bonchev–Trinajstić information content (AvgIpc) is 2.94. The van der Waals surface area contributed by atoms with E-state index in [2.05, 4.69) is 93.6 Å². The van der Waals surface area contributed by atoms with Crippen LogP contribution in [0.3, 0.4) is 0 Å². The number of ether oxygens (including phenoxy) is 1. The van der Waals surface area contributed by atoms with Crippen LogP contribution in [0.1, 0.15) is 17.2 Å². The molecule has 5 rings (SSSR count). The van der Waals surface area contributed by atoms with Crippen LogP contribution in [0.4, 0.5) is 0 Å². The number of hydrogen-bond donors (Lipinski definition) is 0. The monoisotopic (exact) mass is 540 g/mol. The van der Waals surface area contributed by atoms with Crippen LogP contribution >= 0.6 is 15.9 Å². The number of piperazine rings is 1. The fraction of sp³-hybridized carbons (Fsp3) is 0.194. The summed E-state index contributed by atoms with van der Waals surface area (Å²) in [6.45, 7) is 3.04. The normalized spacial score (nSPS) is 14.1. The van der Waals surface area contributed by atoms with E-state index in [1.54, 1.807) is 0 Å². The number of hydrogen-bond acceptors (Lipinski definition) is 3. The molecule has 4 nitrogen and oxygen atoms in total. The predicted octanol–water partition coefficient (Wildman–Crippen LogP) is 6.43. The third kappa shape index (κ3) is 5.69. The van der Waals surface area contributed by atoms with Gasteiger partial charge in [0.05, 0.1) is 10.5 Å². The molecule has 0 atom stereocenters. The van der Waals surface area contributed by atoms with E-state index in [0.717, 1.165) is 28.7 Å². The lowest BCUT2D eigenvalue weighted by atomic mass is 9.96. The molecule has 1 heterocycles. The fourth-order valence-electron chi connectivity index (χ4n) is 4.77. The molecule has 0 saturated carbocycles. The van der Waals surface area contributed by atoms with Crippen molar-refractivity contribution < 1.29 is 9.53 Å². The second-order valence-electron chi connectivity index (χ2n) is 8.94. The van der Waals surface area contributed by atoms with Gasteiger partial charge < -0.3 is 9.64 Å². The van der Waals surface area contributed by atoms with Gasteiger partial charge in [0.15, 0.2) is 6.61 Å². The quantitative estimate of drug-likeness (QED) is 0.271. The number of carbonyl (C=O) groups is 1. The van der Waals surface area contributed by atoms with Gasteiger partial charge in [-0.3, -0.25) is 9.69 Å². The van der Waals surface area contributed by atoms with Crippen molar-refractivity contribution in [2.75, 3.05) is 32.8 Å². The van der Waals surface area contributed by atoms with Gasteiger partial charge in [-0.2, -0.15) is 0 Å². The van der Waals surface area contributed by atoms with Gasteiger partial charge in [-0.1, -0.05) is 97.1 Å². The van der Waals surface area contributed by atoms with E-state index in [4.69, 9.17) is 4.74 Å². The smallest absolute Gasteiger partial charge is 0.260 e. The van der Waals surface area contributed by atoms with E-state index >= 15 is 0 Å². The molecule has 36 heavy (non-hydrogen) atoms. The fourth-order valence-corrected chi connectivity index (χ4v) is 5.27. The van der Waals surface area contributed by atoms with Crippen LogP contribution in [0.5, 0.6) is 5.75 Å². The average molecular weight is 541 g/mol. The molecular weight excluding hydrogens is 512 g/mol. The highest BCUT2D eigenvalue weighted by molar-refractivity contribution is 9.10. The van der Waals surface area contributed by atoms with Gasteiger partial charge in [-0.15, -0.1) is 0 Å². The van der Waals surface area contributed by atoms with Crippen molar-refractivity contribution in [2.45, 2.75) is 6.04 Å². The summed E-state index contributed by atoms with van der Waals surface area (Å²) >= 11 is 3.60. The number of benzene rings is 4. The number of rotatable bonds is 7. The van der Waals surface area contributed by atoms with Crippen molar-refractivity contribution in [3.63, 3.8) is 0 Å². The topological polar surface area (TPSA) is 32.8 Å². The minimum atomic E-state index is 0.0182. The van der Waals surface area contributed by atoms with E-state index in [9.17, 15) is 4.79 Å². The Morgan fingerprint density at radius 2 is 1.28 bits per heavy atom. The van der Waals surface area contributed by atoms with Crippen molar-refractivity contribution in [1.82, 2.24) is 9.80 Å². The van der Waals surface area contributed by atoms with Crippen molar-refractivity contribution in [3.05, 3.63) is 125 Å². The van der Waals surface area contributed by atoms with Crippen molar-refractivity contribution in [3.8, 4) is 16.9 Å². The maximum atomic E-state index is 13.0. The minimum absolute atomic E-state index is 0.0182. The molecule has 0 N–H and O–H groups in total. The largest absolute Gasteiger partial charge is 0.483 e. The number of nitrogens with zero attached hydrogens (tertiary/aromatic N) is 2. The number of halogens is 1. The van der Waals surface area contributed by atoms with Gasteiger partial charge in [-0.25, -0.2) is 0 Å². The summed E-state index contributed by atoms with van der Waals surface area (Å²) in [4.78, 5) is 17.3. The van der Waals surface area contributed by atoms with Crippen molar-refractivity contribution in [1.29, 1.82) is 0 Å². The summed E-state index contributed by atoms with van der Waals surface area (Å²) in [7, 11) is 0. The van der Waals surface area contributed by atoms with Gasteiger partial charge in [0.2, 0.25) is 0 Å². The highest BCUT2D eigenvalue weighted by atomic mass is 79.9. The molecule has 4 aromatic carbocycles. The van der Waals surface area contributed by atoms with Crippen LogP contribution in [-0.4, -0.2) is 48.5 Å². The summed E-state index contributed by atoms with van der Waals surface area (Å²) in [5, 5.41) is 0. The van der Waals surface area contributed by atoms with Crippen LogP contribution in [-0.2, 0) is 4.79 Å². The van der Waals surface area contributed by atoms with E-state index in [-0.39, 0.29) is 18.6 Å². The molecular formula is C31H29BrN2O2. The Labute approximate surface area is 221 Å². The molecule has 1 aliphatic heterocycles. The molecule has 0 aromatic heterocycles. The standard InChI is InChI=1S/C31H29BrN2O2/c32-28-22-27(24-10-4-1-5-11-24)16-17-29(28)36-23-30(35)33-18-20-34(21-19-33)31(25-12-6-2-7-13-25)26-14-8-3-9-15-26/h1-17,22,31H,18-21,23H2. The third-order valence-corrected chi connectivity index (χ3v) is 7.27. The Kier molecular flexibility index (Phi) is 7.79. The molecule has 182 valence electrons. The Bertz CT molecular complexity index is 1230. The van der Waals surface area contributed by atoms with Crippen molar-refractivity contribution >= 4 is 21.8 Å². The van der Waals surface area contributed by atoms with Crippen LogP contribution in [0.15, 0.2) is 114 Å². The summed E-state index contributed by atoms with van der Waals surface area (Å²) in [5.74, 6) is 0.694. The van der Waals surface area contributed by atoms with Crippen LogP contribution in [0.2, 0.25) is 0 Å². The first kappa shape index (κ1) is 24.3. The first-order chi connectivity index (χ1) is 17.7. The number of amides is 1. The molecule has 1 amide bonds. The third-order valence-electron chi connectivity index (χ3n) is 6.65. The molecule has 1 aliphatic rings. The Balaban J connectivity index is 1.19. The number of carbonyl (C=O) groups excluding carboxylic acids is 1. The van der Waals surface area contributed by atoms with Crippen LogP contribution < -0.4 is 4.74 Å². The zero-order valence-corrected chi connectivity index (χ0v) is 21.7. The van der Waals surface area contributed by atoms with E-state index in [1.165, 1.54) is 11.1 Å². The van der Waals surface area contributed by atoms with Gasteiger partial charge >= 0.3 is 0 Å². The van der Waals surface area contributed by atoms with Crippen LogP contribution in [0, 0.1) is 0 Å². The lowest BCUT2D eigenvalue weighted by molar-refractivity contribution is -0.135. The zero-order valence-electron chi connectivity index (χ0n) is 20.1. The molecule has 0 spiro atoms. The highest BCUT2D eigenvalue weighted by Gasteiger charge is 2.28. The Morgan fingerprint density at radius 3 is 1.83 bits per heavy atom. The van der Waals surface area contributed by atoms with Crippen LogP contribution in [0.25, 0.3) is 11.1 Å². The van der Waals surface area contributed by atoms with Gasteiger partial charge in [-0.05, 0) is 50.3 Å². The molecule has 5 heteroatoms. The second kappa shape index (κ2) is 11.5. The molecule has 1 fully saturated rings. The maximum Gasteiger partial charge on any atom is 0.260 e. The first-order valence-electron chi connectivity index (χ1n) is 12.3. The van der Waals surface area contributed by atoms with Crippen molar-refractivity contribution in [2.24, 2.45) is 0 Å². The SMILES string of the molecule is O=C(COc1ccc(-c2ccccc2)cc1Br)N1CCN(C(c2ccccc2)c2ccccc2)CC1. The first-order valence-corrected chi connectivity index (χ1v) is 13.1. The second-order valence-corrected chi connectivity index (χ2v) is 9.79. The van der Waals surface area contributed by atoms with Gasteiger partial charge in [0, 0.05) is 26.2 Å². The van der Waals surface area contributed by atoms with E-state index in [1.807, 2.05) is 41.3 Å². The summed E-state index contributed by atoms with van der Waals surface area (Å²) in [6, 6.07) is 37.5. The molecule has 0 unspecified atom stereocenters. The summed E-state index contributed by atoms with van der Waals surface area (Å²) in [5.41, 5.74) is 4.79. The highest BCUT2D eigenvalue weighted by Crippen LogP contribution is 2.31. The summed E-state index contributed by atoms with van der Waals surface area (Å²) < 4.78 is 6.75. The molecule has 0 aliphatic carbocycles. The molecule has 0 radical (unpaired) electrons. The zero-order chi connectivity index (χ0) is 24.7. The van der Waals surface area contributed by atoms with E-state index in [0.29, 0.717) is 18.8 Å². The lowest BCUT2D eigenvalue weighted by Gasteiger charge is -2.39. The Hall–Kier alpha value is -3.41. The van der Waals surface area contributed by atoms with Gasteiger partial charge in [0.25, 0.3) is 5.91 Å². The molecule has 4 aromatic rings. The van der Waals surface area contributed by atoms with Gasteiger partial charge in [0.1, 0.15) is 5.75 Å².